The molecule has 2 atom stereocenters. The van der Waals surface area contributed by atoms with E-state index in [0.29, 0.717) is 59.5 Å². The number of benzene rings is 1. The van der Waals surface area contributed by atoms with Crippen LogP contribution in [-0.2, 0) is 20.9 Å². The van der Waals surface area contributed by atoms with Gasteiger partial charge in [-0.05, 0) is 61.4 Å². The molecule has 45 heavy (non-hydrogen) atoms. The minimum atomic E-state index is -0.669. The molecule has 1 aliphatic heterocycles. The average molecular weight is 636 g/mol. The summed E-state index contributed by atoms with van der Waals surface area (Å²) < 4.78 is 36.1. The molecule has 0 spiro atoms. The lowest BCUT2D eigenvalue weighted by atomic mass is 9.87. The molecule has 1 aromatic carbocycles. The van der Waals surface area contributed by atoms with Crippen LogP contribution >= 0.6 is 11.6 Å². The van der Waals surface area contributed by atoms with Gasteiger partial charge in [0.2, 0.25) is 11.7 Å². The Hall–Kier alpha value is -4.55. The van der Waals surface area contributed by atoms with Crippen LogP contribution in [0.15, 0.2) is 53.3 Å². The fraction of sp³-hybridized carbons (Fsp3) is 0.344. The number of pyridine rings is 1. The second kappa shape index (κ2) is 13.6. The van der Waals surface area contributed by atoms with Crippen LogP contribution in [0.5, 0.6) is 5.88 Å². The van der Waals surface area contributed by atoms with Gasteiger partial charge in [0.15, 0.2) is 17.3 Å². The Kier molecular flexibility index (Phi) is 9.22. The Balaban J connectivity index is 1.07. The van der Waals surface area contributed by atoms with Crippen LogP contribution in [0.3, 0.4) is 0 Å². The highest BCUT2D eigenvalue weighted by atomic mass is 35.5. The Morgan fingerprint density at radius 1 is 1.16 bits per heavy atom. The lowest BCUT2D eigenvalue weighted by Crippen LogP contribution is -2.34. The van der Waals surface area contributed by atoms with Crippen LogP contribution in [0, 0.1) is 11.7 Å². The van der Waals surface area contributed by atoms with Gasteiger partial charge in [-0.1, -0.05) is 23.7 Å². The first-order valence-electron chi connectivity index (χ1n) is 14.6. The van der Waals surface area contributed by atoms with Crippen molar-refractivity contribution in [1.29, 1.82) is 0 Å². The fourth-order valence-corrected chi connectivity index (χ4v) is 5.47. The van der Waals surface area contributed by atoms with E-state index in [1.165, 1.54) is 19.4 Å². The number of nitrogens with one attached hydrogen (secondary N) is 2. The standard InChI is InChI=1S/C32H31ClFN5O6/c1-42-32(41)26-9-8-25(30(38-26)35-15-21-10-12-43-21)37-27(40)14-18-2-4-19(5-3-18)29-36-16-24(34)31(39-29)45-17-20-6-7-23(33)22-11-13-44-28(20)22/h4,6-9,11,13,16,18,21H,2-3,5,10,12,14-15,17H2,1H3,(H,35,38)(H,37,40)/t18?,21-/m0/s1. The van der Waals surface area contributed by atoms with E-state index in [9.17, 15) is 14.0 Å². The number of halogens is 2. The number of hydrogen-bond acceptors (Lipinski definition) is 10. The SMILES string of the molecule is COC(=O)c1ccc(NC(=O)CC2CC=C(c3ncc(F)c(OCc4ccc(Cl)c5ccoc45)n3)CC2)c(NC[C@@H]2CCO2)n1. The first-order chi connectivity index (χ1) is 21.9. The Morgan fingerprint density at radius 3 is 2.78 bits per heavy atom. The number of carbonyl (C=O) groups is 2. The molecule has 4 heterocycles. The van der Waals surface area contributed by atoms with Crippen molar-refractivity contribution < 1.29 is 32.6 Å². The van der Waals surface area contributed by atoms with Gasteiger partial charge in [-0.3, -0.25) is 4.79 Å². The minimum Gasteiger partial charge on any atom is -0.470 e. The zero-order chi connectivity index (χ0) is 31.3. The van der Waals surface area contributed by atoms with Crippen LogP contribution in [0.2, 0.25) is 5.02 Å². The molecule has 0 saturated carbocycles. The summed E-state index contributed by atoms with van der Waals surface area (Å²) in [5, 5.41) is 7.41. The summed E-state index contributed by atoms with van der Waals surface area (Å²) in [6, 6.07) is 8.41. The van der Waals surface area contributed by atoms with E-state index in [2.05, 4.69) is 25.6 Å². The molecule has 1 saturated heterocycles. The van der Waals surface area contributed by atoms with Gasteiger partial charge < -0.3 is 29.3 Å². The van der Waals surface area contributed by atoms with E-state index >= 15 is 0 Å². The number of fused-ring (bicyclic) bond motifs is 1. The summed E-state index contributed by atoms with van der Waals surface area (Å²) >= 11 is 6.21. The number of ether oxygens (including phenoxy) is 3. The molecule has 1 amide bonds. The van der Waals surface area contributed by atoms with E-state index in [1.54, 1.807) is 24.3 Å². The maximum absolute atomic E-state index is 14.6. The van der Waals surface area contributed by atoms with Crippen molar-refractivity contribution in [2.45, 2.75) is 44.8 Å². The summed E-state index contributed by atoms with van der Waals surface area (Å²) in [4.78, 5) is 37.9. The molecule has 6 rings (SSSR count). The molecule has 13 heteroatoms. The first-order valence-corrected chi connectivity index (χ1v) is 15.0. The van der Waals surface area contributed by atoms with Crippen molar-refractivity contribution in [2.24, 2.45) is 5.92 Å². The summed E-state index contributed by atoms with van der Waals surface area (Å²) in [5.41, 5.74) is 2.75. The van der Waals surface area contributed by atoms with Crippen LogP contribution in [0.1, 0.15) is 54.0 Å². The molecule has 4 aromatic rings. The topological polar surface area (TPSA) is 138 Å². The number of nitrogens with zero attached hydrogens (tertiary/aromatic N) is 3. The molecule has 0 radical (unpaired) electrons. The predicted molar refractivity (Wildman–Crippen MR) is 165 cm³/mol. The first kappa shape index (κ1) is 30.5. The number of hydrogen-bond donors (Lipinski definition) is 2. The summed E-state index contributed by atoms with van der Waals surface area (Å²) in [6.45, 7) is 1.26. The number of esters is 1. The van der Waals surface area contributed by atoms with Crippen LogP contribution in [0.25, 0.3) is 16.5 Å². The fourth-order valence-electron chi connectivity index (χ4n) is 5.26. The number of methoxy groups -OCH3 is 1. The third-order valence-electron chi connectivity index (χ3n) is 7.86. The molecule has 1 unspecified atom stereocenters. The van der Waals surface area contributed by atoms with Gasteiger partial charge >= 0.3 is 5.97 Å². The minimum absolute atomic E-state index is 0.0390. The van der Waals surface area contributed by atoms with E-state index < -0.39 is 11.8 Å². The smallest absolute Gasteiger partial charge is 0.356 e. The second-order valence-electron chi connectivity index (χ2n) is 10.9. The van der Waals surface area contributed by atoms with Crippen molar-refractivity contribution in [3.63, 3.8) is 0 Å². The van der Waals surface area contributed by atoms with Crippen LogP contribution in [-0.4, -0.2) is 53.2 Å². The van der Waals surface area contributed by atoms with Gasteiger partial charge in [-0.2, -0.15) is 9.37 Å². The van der Waals surface area contributed by atoms with Gasteiger partial charge in [0, 0.05) is 30.5 Å². The maximum atomic E-state index is 14.6. The molecule has 0 bridgehead atoms. The molecule has 11 nitrogen and oxygen atoms in total. The number of amides is 1. The van der Waals surface area contributed by atoms with E-state index in [4.69, 9.17) is 30.2 Å². The quantitative estimate of drug-likeness (QED) is 0.184. The molecular formula is C32H31ClFN5O6. The van der Waals surface area contributed by atoms with E-state index in [0.717, 1.165) is 30.0 Å². The highest BCUT2D eigenvalue weighted by Gasteiger charge is 2.23. The van der Waals surface area contributed by atoms with Gasteiger partial charge in [0.1, 0.15) is 12.2 Å². The number of anilines is 2. The highest BCUT2D eigenvalue weighted by Crippen LogP contribution is 2.33. The van der Waals surface area contributed by atoms with E-state index in [1.807, 2.05) is 6.08 Å². The van der Waals surface area contributed by atoms with Gasteiger partial charge in [0.05, 0.1) is 36.4 Å². The van der Waals surface area contributed by atoms with Gasteiger partial charge in [-0.15, -0.1) is 0 Å². The summed E-state index contributed by atoms with van der Waals surface area (Å²) in [5.74, 6) is -0.710. The molecule has 2 aliphatic rings. The largest absolute Gasteiger partial charge is 0.470 e. The number of furan rings is 1. The van der Waals surface area contributed by atoms with Gasteiger partial charge in [0.25, 0.3) is 5.88 Å². The Labute approximate surface area is 263 Å². The zero-order valence-corrected chi connectivity index (χ0v) is 25.2. The number of aromatic nitrogens is 3. The Bertz CT molecular complexity index is 1760. The van der Waals surface area contributed by atoms with Crippen molar-refractivity contribution in [3.05, 3.63) is 76.8 Å². The third-order valence-corrected chi connectivity index (χ3v) is 8.19. The second-order valence-corrected chi connectivity index (χ2v) is 11.3. The lowest BCUT2D eigenvalue weighted by Gasteiger charge is -2.27. The maximum Gasteiger partial charge on any atom is 0.356 e. The van der Waals surface area contributed by atoms with Crippen molar-refractivity contribution in [3.8, 4) is 5.88 Å². The normalized spacial score (nSPS) is 17.7. The lowest BCUT2D eigenvalue weighted by molar-refractivity contribution is -0.117. The third kappa shape index (κ3) is 7.07. The molecule has 3 aromatic heterocycles. The average Bonchev–Trinajstić information content (AvgIpc) is 3.53. The molecule has 234 valence electrons. The molecule has 1 fully saturated rings. The zero-order valence-electron chi connectivity index (χ0n) is 24.5. The Morgan fingerprint density at radius 2 is 2.02 bits per heavy atom. The number of rotatable bonds is 11. The van der Waals surface area contributed by atoms with Crippen molar-refractivity contribution in [2.75, 3.05) is 30.9 Å². The van der Waals surface area contributed by atoms with Crippen molar-refractivity contribution in [1.82, 2.24) is 15.0 Å². The van der Waals surface area contributed by atoms with Crippen LogP contribution < -0.4 is 15.4 Å². The molecule has 2 N–H and O–H groups in total. The van der Waals surface area contributed by atoms with Crippen molar-refractivity contribution >= 4 is 51.5 Å². The highest BCUT2D eigenvalue weighted by molar-refractivity contribution is 6.35. The number of allylic oxidation sites excluding steroid dienone is 2. The van der Waals surface area contributed by atoms with E-state index in [-0.39, 0.29) is 42.5 Å². The summed E-state index contributed by atoms with van der Waals surface area (Å²) in [7, 11) is 1.29. The van der Waals surface area contributed by atoms with Crippen LogP contribution in [0.4, 0.5) is 15.9 Å². The summed E-state index contributed by atoms with van der Waals surface area (Å²) in [6.07, 6.45) is 7.88. The number of carbonyl (C=O) groups excluding carboxylic acids is 2. The monoisotopic (exact) mass is 635 g/mol. The predicted octanol–water partition coefficient (Wildman–Crippen LogP) is 6.19. The van der Waals surface area contributed by atoms with Gasteiger partial charge in [-0.25, -0.2) is 14.8 Å². The molecule has 1 aliphatic carbocycles. The molecular weight excluding hydrogens is 605 g/mol.